The number of hydrogen-bond acceptors (Lipinski definition) is 0. The maximum Gasteiger partial charge on any atom is 0.448 e. The van der Waals surface area contributed by atoms with E-state index in [9.17, 15) is 13.2 Å². The predicted octanol–water partition coefficient (Wildman–Crippen LogP) is 1.34. The summed E-state index contributed by atoms with van der Waals surface area (Å²) in [4.78, 5) is 0. The number of aromatic nitrogens is 1. The molecule has 0 fully saturated rings. The molecule has 0 unspecified atom stereocenters. The van der Waals surface area contributed by atoms with E-state index in [0.29, 0.717) is 0 Å². The maximum atomic E-state index is 11.7. The Labute approximate surface area is 62.1 Å². The average Bonchev–Trinajstić information content (AvgIpc) is 1.85. The van der Waals surface area contributed by atoms with Crippen LogP contribution in [0.1, 0.15) is 0 Å². The van der Waals surface area contributed by atoms with Crippen molar-refractivity contribution in [3.63, 3.8) is 0 Å². The second-order valence-electron chi connectivity index (χ2n) is 2.09. The largest absolute Gasteiger partial charge is 0.448 e. The van der Waals surface area contributed by atoms with E-state index in [-0.39, 0.29) is 0 Å². The van der Waals surface area contributed by atoms with Gasteiger partial charge in [0, 0.05) is 12.1 Å². The lowest BCUT2D eigenvalue weighted by atomic mass is 10.5. The molecule has 0 bridgehead atoms. The Balaban J connectivity index is 2.66. The Morgan fingerprint density at radius 1 is 1.18 bits per heavy atom. The lowest BCUT2D eigenvalue weighted by Crippen LogP contribution is -2.40. The zero-order chi connectivity index (χ0) is 8.32. The minimum Gasteiger partial charge on any atom is -0.196 e. The molecule has 4 heteroatoms. The molecule has 1 nitrogen and oxygen atoms in total. The highest BCUT2D eigenvalue weighted by Gasteiger charge is 2.32. The number of alkyl halides is 3. The molecule has 0 aliphatic heterocycles. The fourth-order valence-corrected chi connectivity index (χ4v) is 0.695. The first kappa shape index (κ1) is 8.04. The van der Waals surface area contributed by atoms with Crippen molar-refractivity contribution in [1.29, 1.82) is 0 Å². The average molecular weight is 161 g/mol. The Kier molecular flexibility index (Phi) is 2.12. The van der Waals surface area contributed by atoms with E-state index >= 15 is 0 Å². The van der Waals surface area contributed by atoms with E-state index in [4.69, 9.17) is 0 Å². The third kappa shape index (κ3) is 3.02. The zero-order valence-electron chi connectivity index (χ0n) is 5.60. The fraction of sp³-hybridized carbons (Fsp3) is 0.286. The van der Waals surface area contributed by atoms with E-state index in [0.717, 1.165) is 4.57 Å². The van der Waals surface area contributed by atoms with Crippen molar-refractivity contribution >= 4 is 0 Å². The smallest absolute Gasteiger partial charge is 0.196 e. The van der Waals surface area contributed by atoms with Crippen LogP contribution in [0.3, 0.4) is 0 Å². The first-order chi connectivity index (χ1) is 5.08. The maximum absolute atomic E-state index is 11.7. The van der Waals surface area contributed by atoms with Gasteiger partial charge in [-0.1, -0.05) is 0 Å². The molecule has 1 rings (SSSR count). The van der Waals surface area contributed by atoms with E-state index in [1.165, 1.54) is 24.5 Å². The second-order valence-corrected chi connectivity index (χ2v) is 2.09. The first-order valence-corrected chi connectivity index (χ1v) is 3.00. The van der Waals surface area contributed by atoms with Gasteiger partial charge in [-0.15, -0.1) is 0 Å². The van der Waals surface area contributed by atoms with E-state index in [1.54, 1.807) is 0 Å². The molecule has 0 aliphatic carbocycles. The van der Waals surface area contributed by atoms with Gasteiger partial charge in [0.05, 0.1) is 0 Å². The Morgan fingerprint density at radius 3 is 2.18 bits per heavy atom. The van der Waals surface area contributed by atoms with Gasteiger partial charge in [-0.25, -0.2) is 0 Å². The molecule has 0 aromatic carbocycles. The second kappa shape index (κ2) is 2.90. The van der Waals surface area contributed by atoms with Crippen molar-refractivity contribution in [2.75, 3.05) is 0 Å². The molecule has 59 valence electrons. The summed E-state index contributed by atoms with van der Waals surface area (Å²) >= 11 is 0. The van der Waals surface area contributed by atoms with Gasteiger partial charge in [0.25, 0.3) is 0 Å². The first-order valence-electron chi connectivity index (χ1n) is 3.00. The SMILES string of the molecule is FC(F)(F)C[n+]1cc[c]cc1. The van der Waals surface area contributed by atoms with Crippen LogP contribution in [0.2, 0.25) is 0 Å². The molecule has 0 N–H and O–H groups in total. The van der Waals surface area contributed by atoms with Crippen LogP contribution >= 0.6 is 0 Å². The fourth-order valence-electron chi connectivity index (χ4n) is 0.695. The van der Waals surface area contributed by atoms with Crippen LogP contribution in [0.15, 0.2) is 24.5 Å². The van der Waals surface area contributed by atoms with Gasteiger partial charge in [0.1, 0.15) is 0 Å². The van der Waals surface area contributed by atoms with E-state index in [2.05, 4.69) is 6.07 Å². The lowest BCUT2D eigenvalue weighted by molar-refractivity contribution is -0.719. The third-order valence-corrected chi connectivity index (χ3v) is 1.09. The van der Waals surface area contributed by atoms with Gasteiger partial charge in [0.15, 0.2) is 12.4 Å². The Hall–Kier alpha value is -1.06. The van der Waals surface area contributed by atoms with Crippen LogP contribution in [0.4, 0.5) is 13.2 Å². The molecule has 1 aromatic heterocycles. The molecule has 0 saturated heterocycles. The van der Waals surface area contributed by atoms with Crippen LogP contribution in [0.5, 0.6) is 0 Å². The lowest BCUT2D eigenvalue weighted by Gasteiger charge is -1.99. The molecule has 0 atom stereocenters. The summed E-state index contributed by atoms with van der Waals surface area (Å²) in [5.74, 6) is 0. The Bertz CT molecular complexity index is 217. The summed E-state index contributed by atoms with van der Waals surface area (Å²) in [6.45, 7) is -0.943. The molecule has 1 aromatic rings. The summed E-state index contributed by atoms with van der Waals surface area (Å²) in [7, 11) is 0. The zero-order valence-corrected chi connectivity index (χ0v) is 5.60. The van der Waals surface area contributed by atoms with E-state index in [1.807, 2.05) is 0 Å². The van der Waals surface area contributed by atoms with Crippen molar-refractivity contribution < 1.29 is 17.7 Å². The van der Waals surface area contributed by atoms with Crippen molar-refractivity contribution in [3.8, 4) is 0 Å². The molecule has 0 saturated carbocycles. The van der Waals surface area contributed by atoms with Crippen LogP contribution < -0.4 is 4.57 Å². The van der Waals surface area contributed by atoms with Crippen LogP contribution in [0, 0.1) is 6.07 Å². The van der Waals surface area contributed by atoms with E-state index < -0.39 is 12.7 Å². The third-order valence-electron chi connectivity index (χ3n) is 1.09. The highest BCUT2D eigenvalue weighted by atomic mass is 19.4. The van der Waals surface area contributed by atoms with Gasteiger partial charge in [-0.2, -0.15) is 17.7 Å². The molecule has 1 heterocycles. The minimum absolute atomic E-state index is 0.943. The van der Waals surface area contributed by atoms with Crippen LogP contribution in [-0.2, 0) is 6.54 Å². The van der Waals surface area contributed by atoms with Gasteiger partial charge >= 0.3 is 6.18 Å². The molecule has 1 radical (unpaired) electrons. The molecule has 0 spiro atoms. The predicted molar refractivity (Wildman–Crippen MR) is 31.5 cm³/mol. The van der Waals surface area contributed by atoms with Crippen molar-refractivity contribution in [2.24, 2.45) is 0 Å². The number of rotatable bonds is 1. The van der Waals surface area contributed by atoms with Gasteiger partial charge in [-0.3, -0.25) is 0 Å². The van der Waals surface area contributed by atoms with Crippen LogP contribution in [-0.4, -0.2) is 6.18 Å². The highest BCUT2D eigenvalue weighted by Crippen LogP contribution is 2.13. The van der Waals surface area contributed by atoms with Gasteiger partial charge in [-0.05, 0) is 6.07 Å². The summed E-state index contributed by atoms with van der Waals surface area (Å²) in [5, 5.41) is 0. The summed E-state index contributed by atoms with van der Waals surface area (Å²) in [6, 6.07) is 5.50. The van der Waals surface area contributed by atoms with Gasteiger partial charge < -0.3 is 0 Å². The number of hydrogen-bond donors (Lipinski definition) is 0. The molecular formula is C7H6F3N+. The quantitative estimate of drug-likeness (QED) is 0.547. The van der Waals surface area contributed by atoms with Crippen molar-refractivity contribution in [2.45, 2.75) is 12.7 Å². The van der Waals surface area contributed by atoms with Crippen molar-refractivity contribution in [1.82, 2.24) is 0 Å². The van der Waals surface area contributed by atoms with Gasteiger partial charge in [0.2, 0.25) is 6.54 Å². The highest BCUT2D eigenvalue weighted by molar-refractivity contribution is 4.80. The minimum atomic E-state index is -4.15. The molecular weight excluding hydrogens is 155 g/mol. The van der Waals surface area contributed by atoms with Crippen LogP contribution in [0.25, 0.3) is 0 Å². The number of nitrogens with zero attached hydrogens (tertiary/aromatic N) is 1. The monoisotopic (exact) mass is 161 g/mol. The topological polar surface area (TPSA) is 3.88 Å². The number of halogens is 3. The molecule has 11 heavy (non-hydrogen) atoms. The molecule has 0 amide bonds. The number of pyridine rings is 1. The Morgan fingerprint density at radius 2 is 1.73 bits per heavy atom. The normalized spacial score (nSPS) is 11.5. The van der Waals surface area contributed by atoms with Crippen molar-refractivity contribution in [3.05, 3.63) is 30.6 Å². The molecule has 0 aliphatic rings. The standard InChI is InChI=1S/C7H6F3N/c8-7(9,10)6-11-4-2-1-3-5-11/h2-5H,6H2/q+1. The summed E-state index contributed by atoms with van der Waals surface area (Å²) in [5.41, 5.74) is 0. The summed E-state index contributed by atoms with van der Waals surface area (Å²) < 4.78 is 36.2. The summed E-state index contributed by atoms with van der Waals surface area (Å²) in [6.07, 6.45) is -1.49.